The molecule has 1 N–H and O–H groups in total. The fourth-order valence-electron chi connectivity index (χ4n) is 2.76. The van der Waals surface area contributed by atoms with Gasteiger partial charge in [-0.25, -0.2) is 0 Å². The minimum Gasteiger partial charge on any atom is -0.487 e. The number of hydrogen-bond donors (Lipinski definition) is 1. The molecule has 0 aromatic heterocycles. The summed E-state index contributed by atoms with van der Waals surface area (Å²) in [6.07, 6.45) is 0.753. The molecular weight excluding hydrogens is 262 g/mol. The first kappa shape index (κ1) is 13.7. The predicted octanol–water partition coefficient (Wildman–Crippen LogP) is 3.72. The van der Waals surface area contributed by atoms with Crippen molar-refractivity contribution < 1.29 is 9.53 Å². The van der Waals surface area contributed by atoms with Gasteiger partial charge >= 0.3 is 0 Å². The smallest absolute Gasteiger partial charge is 0.251 e. The van der Waals surface area contributed by atoms with Crippen LogP contribution >= 0.6 is 0 Å². The Kier molecular flexibility index (Phi) is 3.42. The van der Waals surface area contributed by atoms with Gasteiger partial charge in [-0.05, 0) is 32.0 Å². The van der Waals surface area contributed by atoms with E-state index in [4.69, 9.17) is 4.74 Å². The zero-order chi connectivity index (χ0) is 14.9. The Morgan fingerprint density at radius 1 is 1.10 bits per heavy atom. The first-order valence-corrected chi connectivity index (χ1v) is 7.19. The van der Waals surface area contributed by atoms with E-state index in [1.807, 2.05) is 68.4 Å². The number of nitrogens with one attached hydrogen (secondary N) is 1. The number of amides is 1. The largest absolute Gasteiger partial charge is 0.487 e. The number of fused-ring (bicyclic) bond motifs is 1. The molecule has 0 fully saturated rings. The normalized spacial score (nSPS) is 19.2. The van der Waals surface area contributed by atoms with Crippen LogP contribution in [0.3, 0.4) is 0 Å². The molecule has 1 heterocycles. The van der Waals surface area contributed by atoms with Crippen LogP contribution in [0.2, 0.25) is 0 Å². The van der Waals surface area contributed by atoms with Crippen molar-refractivity contribution in [3.05, 3.63) is 65.7 Å². The van der Waals surface area contributed by atoms with Crippen molar-refractivity contribution in [2.75, 3.05) is 0 Å². The maximum absolute atomic E-state index is 12.4. The number of hydrogen-bond acceptors (Lipinski definition) is 2. The number of rotatable bonds is 2. The second kappa shape index (κ2) is 5.24. The van der Waals surface area contributed by atoms with E-state index in [2.05, 4.69) is 5.32 Å². The second-order valence-electron chi connectivity index (χ2n) is 6.00. The van der Waals surface area contributed by atoms with E-state index in [0.717, 1.165) is 17.7 Å². The van der Waals surface area contributed by atoms with E-state index < -0.39 is 0 Å². The fraction of sp³-hybridized carbons (Fsp3) is 0.278. The van der Waals surface area contributed by atoms with Crippen LogP contribution in [-0.2, 0) is 0 Å². The molecule has 108 valence electrons. The van der Waals surface area contributed by atoms with Crippen LogP contribution in [0, 0.1) is 0 Å². The highest BCUT2D eigenvalue weighted by atomic mass is 16.5. The summed E-state index contributed by atoms with van der Waals surface area (Å²) in [5.74, 6) is 0.806. The van der Waals surface area contributed by atoms with Gasteiger partial charge in [0.15, 0.2) is 0 Å². The fourth-order valence-corrected chi connectivity index (χ4v) is 2.76. The monoisotopic (exact) mass is 281 g/mol. The van der Waals surface area contributed by atoms with Crippen molar-refractivity contribution in [3.8, 4) is 5.75 Å². The van der Waals surface area contributed by atoms with Gasteiger partial charge in [0.2, 0.25) is 0 Å². The van der Waals surface area contributed by atoms with E-state index >= 15 is 0 Å². The summed E-state index contributed by atoms with van der Waals surface area (Å²) in [4.78, 5) is 12.4. The molecule has 0 saturated carbocycles. The van der Waals surface area contributed by atoms with Crippen LogP contribution < -0.4 is 10.1 Å². The summed E-state index contributed by atoms with van der Waals surface area (Å²) < 4.78 is 5.99. The molecule has 0 aliphatic carbocycles. The van der Waals surface area contributed by atoms with Crippen LogP contribution in [0.1, 0.15) is 42.2 Å². The van der Waals surface area contributed by atoms with Crippen molar-refractivity contribution in [1.29, 1.82) is 0 Å². The Bertz CT molecular complexity index is 649. The van der Waals surface area contributed by atoms with Crippen LogP contribution in [0.4, 0.5) is 0 Å². The highest BCUT2D eigenvalue weighted by molar-refractivity contribution is 5.94. The van der Waals surface area contributed by atoms with Crippen molar-refractivity contribution >= 4 is 5.91 Å². The summed E-state index contributed by atoms with van der Waals surface area (Å²) in [5, 5.41) is 3.13. The maximum atomic E-state index is 12.4. The molecule has 0 unspecified atom stereocenters. The van der Waals surface area contributed by atoms with Gasteiger partial charge < -0.3 is 10.1 Å². The molecule has 3 heteroatoms. The molecule has 1 atom stereocenters. The molecule has 0 radical (unpaired) electrons. The molecule has 2 aromatic carbocycles. The van der Waals surface area contributed by atoms with E-state index in [1.54, 1.807) is 0 Å². The maximum Gasteiger partial charge on any atom is 0.251 e. The Labute approximate surface area is 124 Å². The van der Waals surface area contributed by atoms with Gasteiger partial charge in [-0.15, -0.1) is 0 Å². The molecule has 21 heavy (non-hydrogen) atoms. The first-order chi connectivity index (χ1) is 10.1. The third kappa shape index (κ3) is 2.92. The summed E-state index contributed by atoms with van der Waals surface area (Å²) >= 11 is 0. The lowest BCUT2D eigenvalue weighted by Gasteiger charge is -2.37. The molecule has 1 amide bonds. The molecular formula is C18H19NO2. The van der Waals surface area contributed by atoms with E-state index in [-0.39, 0.29) is 17.6 Å². The SMILES string of the molecule is CC1(C)C[C@H](NC(=O)c2ccccc2)c2ccccc2O1. The van der Waals surface area contributed by atoms with Crippen molar-refractivity contribution in [2.24, 2.45) is 0 Å². The molecule has 1 aliphatic heterocycles. The highest BCUT2D eigenvalue weighted by Gasteiger charge is 2.34. The van der Waals surface area contributed by atoms with Crippen LogP contribution in [0.25, 0.3) is 0 Å². The van der Waals surface area contributed by atoms with Gasteiger partial charge in [-0.1, -0.05) is 36.4 Å². The molecule has 3 nitrogen and oxygen atoms in total. The van der Waals surface area contributed by atoms with Gasteiger partial charge in [-0.2, -0.15) is 0 Å². The zero-order valence-electron chi connectivity index (χ0n) is 12.3. The van der Waals surface area contributed by atoms with Gasteiger partial charge in [0.1, 0.15) is 11.4 Å². The quantitative estimate of drug-likeness (QED) is 0.911. The zero-order valence-corrected chi connectivity index (χ0v) is 12.3. The predicted molar refractivity (Wildman–Crippen MR) is 82.4 cm³/mol. The highest BCUT2D eigenvalue weighted by Crippen LogP contribution is 2.39. The van der Waals surface area contributed by atoms with Crippen LogP contribution in [0.5, 0.6) is 5.75 Å². The van der Waals surface area contributed by atoms with Gasteiger partial charge in [0, 0.05) is 17.5 Å². The number of ether oxygens (including phenoxy) is 1. The van der Waals surface area contributed by atoms with Crippen LogP contribution in [0.15, 0.2) is 54.6 Å². The summed E-state index contributed by atoms with van der Waals surface area (Å²) in [5.41, 5.74) is 1.43. The lowest BCUT2D eigenvalue weighted by Crippen LogP contribution is -2.41. The summed E-state index contributed by atoms with van der Waals surface area (Å²) in [7, 11) is 0. The summed E-state index contributed by atoms with van der Waals surface area (Å²) in [6.45, 7) is 4.09. The molecule has 3 rings (SSSR count). The van der Waals surface area contributed by atoms with E-state index in [9.17, 15) is 4.79 Å². The minimum absolute atomic E-state index is 0.0299. The molecule has 1 aliphatic rings. The average Bonchev–Trinajstić information content (AvgIpc) is 2.47. The Balaban J connectivity index is 1.87. The number of carbonyl (C=O) groups excluding carboxylic acids is 1. The summed E-state index contributed by atoms with van der Waals surface area (Å²) in [6, 6.07) is 17.2. The standard InChI is InChI=1S/C18H19NO2/c1-18(2)12-15(14-10-6-7-11-16(14)21-18)19-17(20)13-8-4-3-5-9-13/h3-11,15H,12H2,1-2H3,(H,19,20)/t15-/m0/s1. The van der Waals surface area contributed by atoms with Gasteiger partial charge in [-0.3, -0.25) is 4.79 Å². The molecule has 2 aromatic rings. The van der Waals surface area contributed by atoms with Gasteiger partial charge in [0.25, 0.3) is 5.91 Å². The number of carbonyl (C=O) groups is 1. The Hall–Kier alpha value is -2.29. The third-order valence-corrected chi connectivity index (χ3v) is 3.72. The second-order valence-corrected chi connectivity index (χ2v) is 6.00. The average molecular weight is 281 g/mol. The van der Waals surface area contributed by atoms with E-state index in [0.29, 0.717) is 5.56 Å². The minimum atomic E-state index is -0.289. The topological polar surface area (TPSA) is 38.3 Å². The third-order valence-electron chi connectivity index (χ3n) is 3.72. The first-order valence-electron chi connectivity index (χ1n) is 7.19. The number of benzene rings is 2. The number of para-hydroxylation sites is 1. The molecule has 0 bridgehead atoms. The Morgan fingerprint density at radius 3 is 2.52 bits per heavy atom. The molecule has 0 saturated heterocycles. The van der Waals surface area contributed by atoms with Crippen LogP contribution in [-0.4, -0.2) is 11.5 Å². The van der Waals surface area contributed by atoms with E-state index in [1.165, 1.54) is 0 Å². The van der Waals surface area contributed by atoms with Crippen molar-refractivity contribution in [2.45, 2.75) is 31.9 Å². The van der Waals surface area contributed by atoms with Crippen molar-refractivity contribution in [1.82, 2.24) is 5.32 Å². The molecule has 0 spiro atoms. The lowest BCUT2D eigenvalue weighted by atomic mass is 9.89. The van der Waals surface area contributed by atoms with Crippen molar-refractivity contribution in [3.63, 3.8) is 0 Å². The lowest BCUT2D eigenvalue weighted by molar-refractivity contribution is 0.0620. The van der Waals surface area contributed by atoms with Gasteiger partial charge in [0.05, 0.1) is 6.04 Å². The Morgan fingerprint density at radius 2 is 1.76 bits per heavy atom.